The number of rotatable bonds is 4. The average molecular weight is 324 g/mol. The molecule has 0 saturated carbocycles. The predicted molar refractivity (Wildman–Crippen MR) is 76.4 cm³/mol. The molecule has 0 saturated heterocycles. The van der Waals surface area contributed by atoms with Gasteiger partial charge in [0.05, 0.1) is 18.4 Å². The number of carboxylic acid groups (broad SMARTS) is 1. The molecule has 1 aromatic heterocycles. The third kappa shape index (κ3) is 2.96. The number of halogens is 1. The van der Waals surface area contributed by atoms with Crippen molar-refractivity contribution in [1.82, 2.24) is 9.78 Å². The number of nitrogens with zero attached hydrogens (tertiary/aromatic N) is 2. The molecule has 2 N–H and O–H groups in total. The van der Waals surface area contributed by atoms with Crippen molar-refractivity contribution in [3.63, 3.8) is 0 Å². The highest BCUT2D eigenvalue weighted by Gasteiger charge is 2.14. The van der Waals surface area contributed by atoms with Gasteiger partial charge >= 0.3 is 5.97 Å². The number of hydrogen-bond acceptors (Lipinski definition) is 3. The second-order valence-corrected chi connectivity index (χ2v) is 5.12. The van der Waals surface area contributed by atoms with Gasteiger partial charge in [0, 0.05) is 17.2 Å². The zero-order valence-corrected chi connectivity index (χ0v) is 12.2. The standard InChI is InChI=1S/C13H14BrN3O2/c1-8-3-4-11(10(14)5-8)15-7-12-9(13(18)19)6-16-17(12)2/h3-6,15H,7H2,1-2H3,(H,18,19). The van der Waals surface area contributed by atoms with Crippen LogP contribution in [0.25, 0.3) is 0 Å². The SMILES string of the molecule is Cc1ccc(NCc2c(C(=O)O)cnn2C)c(Br)c1. The van der Waals surface area contributed by atoms with Gasteiger partial charge in [0.25, 0.3) is 0 Å². The summed E-state index contributed by atoms with van der Waals surface area (Å²) in [5.74, 6) is -0.965. The number of aromatic carboxylic acids is 1. The molecular formula is C13H14BrN3O2. The van der Waals surface area contributed by atoms with Crippen LogP contribution in [-0.2, 0) is 13.6 Å². The van der Waals surface area contributed by atoms with Crippen molar-refractivity contribution in [2.45, 2.75) is 13.5 Å². The van der Waals surface area contributed by atoms with E-state index in [1.165, 1.54) is 6.20 Å². The van der Waals surface area contributed by atoms with Crippen LogP contribution in [0.5, 0.6) is 0 Å². The van der Waals surface area contributed by atoms with E-state index in [-0.39, 0.29) is 5.56 Å². The van der Waals surface area contributed by atoms with Crippen LogP contribution in [0.3, 0.4) is 0 Å². The van der Waals surface area contributed by atoms with E-state index in [2.05, 4.69) is 26.3 Å². The van der Waals surface area contributed by atoms with E-state index in [1.807, 2.05) is 25.1 Å². The molecule has 6 heteroatoms. The van der Waals surface area contributed by atoms with Crippen LogP contribution < -0.4 is 5.32 Å². The Kier molecular flexibility index (Phi) is 3.90. The molecule has 0 spiro atoms. The topological polar surface area (TPSA) is 67.2 Å². The summed E-state index contributed by atoms with van der Waals surface area (Å²) in [7, 11) is 1.73. The Labute approximate surface area is 119 Å². The van der Waals surface area contributed by atoms with Crippen molar-refractivity contribution < 1.29 is 9.90 Å². The maximum atomic E-state index is 11.1. The molecule has 0 aliphatic carbocycles. The summed E-state index contributed by atoms with van der Waals surface area (Å²) in [6.07, 6.45) is 1.36. The number of carboxylic acids is 1. The van der Waals surface area contributed by atoms with E-state index in [0.29, 0.717) is 12.2 Å². The molecule has 2 aromatic rings. The molecule has 19 heavy (non-hydrogen) atoms. The van der Waals surface area contributed by atoms with Crippen LogP contribution >= 0.6 is 15.9 Å². The molecular weight excluding hydrogens is 310 g/mol. The van der Waals surface area contributed by atoms with E-state index in [1.54, 1.807) is 11.7 Å². The van der Waals surface area contributed by atoms with Crippen LogP contribution in [0.1, 0.15) is 21.6 Å². The lowest BCUT2D eigenvalue weighted by Gasteiger charge is -2.10. The Balaban J connectivity index is 2.19. The van der Waals surface area contributed by atoms with Crippen LogP contribution in [-0.4, -0.2) is 20.9 Å². The van der Waals surface area contributed by atoms with E-state index < -0.39 is 5.97 Å². The number of aromatic nitrogens is 2. The zero-order chi connectivity index (χ0) is 14.0. The maximum Gasteiger partial charge on any atom is 0.339 e. The van der Waals surface area contributed by atoms with Crippen molar-refractivity contribution in [1.29, 1.82) is 0 Å². The van der Waals surface area contributed by atoms with Gasteiger partial charge < -0.3 is 10.4 Å². The number of nitrogens with one attached hydrogen (secondary N) is 1. The highest BCUT2D eigenvalue weighted by Crippen LogP contribution is 2.24. The predicted octanol–water partition coefficient (Wildman–Crippen LogP) is 2.80. The third-order valence-electron chi connectivity index (χ3n) is 2.86. The number of carbonyl (C=O) groups is 1. The normalized spacial score (nSPS) is 10.5. The number of aryl methyl sites for hydroxylation is 2. The quantitative estimate of drug-likeness (QED) is 0.907. The van der Waals surface area contributed by atoms with Crippen molar-refractivity contribution in [2.75, 3.05) is 5.32 Å². The van der Waals surface area contributed by atoms with Crippen molar-refractivity contribution in [2.24, 2.45) is 7.05 Å². The molecule has 2 rings (SSSR count). The first-order valence-electron chi connectivity index (χ1n) is 5.73. The monoisotopic (exact) mass is 323 g/mol. The van der Waals surface area contributed by atoms with Gasteiger partial charge in [-0.05, 0) is 40.5 Å². The molecule has 5 nitrogen and oxygen atoms in total. The van der Waals surface area contributed by atoms with E-state index in [0.717, 1.165) is 15.7 Å². The molecule has 1 aromatic carbocycles. The van der Waals surface area contributed by atoms with Crippen LogP contribution in [0.2, 0.25) is 0 Å². The number of benzene rings is 1. The van der Waals surface area contributed by atoms with E-state index >= 15 is 0 Å². The lowest BCUT2D eigenvalue weighted by Crippen LogP contribution is -2.10. The van der Waals surface area contributed by atoms with E-state index in [9.17, 15) is 4.79 Å². The smallest absolute Gasteiger partial charge is 0.339 e. The van der Waals surface area contributed by atoms with Gasteiger partial charge in [0.15, 0.2) is 0 Å². The molecule has 0 bridgehead atoms. The van der Waals surface area contributed by atoms with Gasteiger partial charge in [0.1, 0.15) is 5.56 Å². The Morgan fingerprint density at radius 3 is 2.89 bits per heavy atom. The second-order valence-electron chi connectivity index (χ2n) is 4.27. The largest absolute Gasteiger partial charge is 0.478 e. The first kappa shape index (κ1) is 13.6. The Morgan fingerprint density at radius 2 is 2.26 bits per heavy atom. The van der Waals surface area contributed by atoms with Gasteiger partial charge in [-0.25, -0.2) is 4.79 Å². The molecule has 0 unspecified atom stereocenters. The maximum absolute atomic E-state index is 11.1. The first-order chi connectivity index (χ1) is 8.99. The summed E-state index contributed by atoms with van der Waals surface area (Å²) in [5.41, 5.74) is 2.94. The lowest BCUT2D eigenvalue weighted by molar-refractivity contribution is 0.0695. The van der Waals surface area contributed by atoms with Crippen molar-refractivity contribution in [3.05, 3.63) is 45.7 Å². The molecule has 0 radical (unpaired) electrons. The van der Waals surface area contributed by atoms with E-state index in [4.69, 9.17) is 5.11 Å². The number of anilines is 1. The van der Waals surface area contributed by atoms with Gasteiger partial charge in [-0.3, -0.25) is 4.68 Å². The number of hydrogen-bond donors (Lipinski definition) is 2. The van der Waals surface area contributed by atoms with Gasteiger partial charge in [-0.15, -0.1) is 0 Å². The fourth-order valence-corrected chi connectivity index (χ4v) is 2.43. The zero-order valence-electron chi connectivity index (χ0n) is 10.6. The van der Waals surface area contributed by atoms with Crippen LogP contribution in [0, 0.1) is 6.92 Å². The summed E-state index contributed by atoms with van der Waals surface area (Å²) in [6, 6.07) is 5.95. The minimum absolute atomic E-state index is 0.221. The van der Waals surface area contributed by atoms with Crippen molar-refractivity contribution in [3.8, 4) is 0 Å². The van der Waals surface area contributed by atoms with Gasteiger partial charge in [-0.1, -0.05) is 6.07 Å². The molecule has 100 valence electrons. The lowest BCUT2D eigenvalue weighted by atomic mass is 10.2. The molecule has 0 fully saturated rings. The highest BCUT2D eigenvalue weighted by molar-refractivity contribution is 9.10. The van der Waals surface area contributed by atoms with Crippen molar-refractivity contribution >= 4 is 27.6 Å². The molecule has 1 heterocycles. The summed E-state index contributed by atoms with van der Waals surface area (Å²) >= 11 is 3.48. The Bertz CT molecular complexity index is 622. The molecule has 0 atom stereocenters. The molecule has 0 amide bonds. The second kappa shape index (κ2) is 5.44. The van der Waals surface area contributed by atoms with Crippen LogP contribution in [0.4, 0.5) is 5.69 Å². The highest BCUT2D eigenvalue weighted by atomic mass is 79.9. The average Bonchev–Trinajstić information content (AvgIpc) is 2.70. The molecule has 0 aliphatic rings. The molecule has 0 aliphatic heterocycles. The summed E-state index contributed by atoms with van der Waals surface area (Å²) in [4.78, 5) is 11.1. The third-order valence-corrected chi connectivity index (χ3v) is 3.52. The minimum Gasteiger partial charge on any atom is -0.478 e. The fourth-order valence-electron chi connectivity index (χ4n) is 1.79. The van der Waals surface area contributed by atoms with Gasteiger partial charge in [-0.2, -0.15) is 5.10 Å². The Morgan fingerprint density at radius 1 is 1.53 bits per heavy atom. The van der Waals surface area contributed by atoms with Gasteiger partial charge in [0.2, 0.25) is 0 Å². The summed E-state index contributed by atoms with van der Waals surface area (Å²) in [5, 5.41) is 16.3. The Hall–Kier alpha value is -1.82. The van der Waals surface area contributed by atoms with Crippen LogP contribution in [0.15, 0.2) is 28.9 Å². The minimum atomic E-state index is -0.965. The summed E-state index contributed by atoms with van der Waals surface area (Å²) < 4.78 is 2.52. The first-order valence-corrected chi connectivity index (χ1v) is 6.52. The fraction of sp³-hybridized carbons (Fsp3) is 0.231. The summed E-state index contributed by atoms with van der Waals surface area (Å²) in [6.45, 7) is 2.41.